The van der Waals surface area contributed by atoms with Crippen LogP contribution in [0.5, 0.6) is 5.75 Å². The van der Waals surface area contributed by atoms with Gasteiger partial charge in [0.2, 0.25) is 0 Å². The predicted octanol–water partition coefficient (Wildman–Crippen LogP) is 3.02. The molecule has 0 spiro atoms. The number of nitrogens with one attached hydrogen (secondary N) is 1. The van der Waals surface area contributed by atoms with Gasteiger partial charge in [0.15, 0.2) is 0 Å². The Kier molecular flexibility index (Phi) is 5.27. The van der Waals surface area contributed by atoms with E-state index in [4.69, 9.17) is 16.3 Å². The third-order valence-electron chi connectivity index (χ3n) is 2.91. The van der Waals surface area contributed by atoms with Crippen molar-refractivity contribution in [2.24, 2.45) is 5.10 Å². The first-order valence-electron chi connectivity index (χ1n) is 6.42. The Morgan fingerprint density at radius 3 is 2.61 bits per heavy atom. The highest BCUT2D eigenvalue weighted by molar-refractivity contribution is 6.33. The molecule has 0 aromatic heterocycles. The van der Waals surface area contributed by atoms with Crippen LogP contribution in [0, 0.1) is 10.1 Å². The molecule has 118 valence electrons. The van der Waals surface area contributed by atoms with Crippen LogP contribution in [0.15, 0.2) is 47.6 Å². The molecule has 0 atom stereocenters. The van der Waals surface area contributed by atoms with E-state index in [1.807, 2.05) is 0 Å². The topological polar surface area (TPSA) is 93.8 Å². The summed E-state index contributed by atoms with van der Waals surface area (Å²) in [4.78, 5) is 22.1. The van der Waals surface area contributed by atoms with Gasteiger partial charge >= 0.3 is 0 Å². The summed E-state index contributed by atoms with van der Waals surface area (Å²) in [6.45, 7) is 0. The van der Waals surface area contributed by atoms with Gasteiger partial charge in [-0.3, -0.25) is 14.9 Å². The lowest BCUT2D eigenvalue weighted by atomic mass is 10.2. The fourth-order valence-corrected chi connectivity index (χ4v) is 1.88. The number of benzene rings is 2. The first-order chi connectivity index (χ1) is 11.0. The van der Waals surface area contributed by atoms with Gasteiger partial charge in [-0.05, 0) is 30.3 Å². The maximum atomic E-state index is 11.9. The number of non-ortho nitro benzene ring substituents is 1. The number of hydrogen-bond acceptors (Lipinski definition) is 5. The smallest absolute Gasteiger partial charge is 0.271 e. The summed E-state index contributed by atoms with van der Waals surface area (Å²) in [5.74, 6) is 0.207. The van der Waals surface area contributed by atoms with Crippen LogP contribution in [-0.4, -0.2) is 24.2 Å². The third kappa shape index (κ3) is 4.27. The molecule has 0 unspecified atom stereocenters. The van der Waals surface area contributed by atoms with Gasteiger partial charge in [-0.2, -0.15) is 5.10 Å². The molecule has 0 saturated heterocycles. The van der Waals surface area contributed by atoms with Crippen molar-refractivity contribution in [3.05, 3.63) is 68.7 Å². The first kappa shape index (κ1) is 16.4. The molecule has 0 radical (unpaired) electrons. The second-order valence-electron chi connectivity index (χ2n) is 4.39. The number of hydrazone groups is 1. The molecule has 2 rings (SSSR count). The van der Waals surface area contributed by atoms with Crippen molar-refractivity contribution in [2.45, 2.75) is 0 Å². The number of carbonyl (C=O) groups excluding carboxylic acids is 1. The number of nitrogens with zero attached hydrogens (tertiary/aromatic N) is 2. The molecule has 0 fully saturated rings. The lowest BCUT2D eigenvalue weighted by molar-refractivity contribution is -0.384. The number of nitro benzene ring substituents is 1. The molecule has 0 aliphatic heterocycles. The van der Waals surface area contributed by atoms with E-state index in [2.05, 4.69) is 10.5 Å². The summed E-state index contributed by atoms with van der Waals surface area (Å²) in [6, 6.07) is 10.4. The standard InChI is InChI=1S/C15H12ClN3O4/c1-23-13-5-2-10(3-6-13)15(20)18-17-9-11-8-12(19(21)22)4-7-14(11)16/h2-9H,1H3,(H,18,20)/b17-9+. The second-order valence-corrected chi connectivity index (χ2v) is 4.80. The average Bonchev–Trinajstić information content (AvgIpc) is 2.56. The molecule has 1 N–H and O–H groups in total. The van der Waals surface area contributed by atoms with Gasteiger partial charge in [-0.1, -0.05) is 11.6 Å². The van der Waals surface area contributed by atoms with Gasteiger partial charge in [-0.25, -0.2) is 5.43 Å². The number of ether oxygens (including phenoxy) is 1. The molecular weight excluding hydrogens is 322 g/mol. The fraction of sp³-hybridized carbons (Fsp3) is 0.0667. The van der Waals surface area contributed by atoms with Gasteiger partial charge in [0.25, 0.3) is 11.6 Å². The maximum absolute atomic E-state index is 11.9. The van der Waals surface area contributed by atoms with E-state index < -0.39 is 10.8 Å². The van der Waals surface area contributed by atoms with E-state index in [0.717, 1.165) is 0 Å². The highest BCUT2D eigenvalue weighted by atomic mass is 35.5. The Balaban J connectivity index is 2.07. The molecule has 2 aromatic rings. The fourth-order valence-electron chi connectivity index (χ4n) is 1.71. The summed E-state index contributed by atoms with van der Waals surface area (Å²) in [7, 11) is 1.53. The molecule has 1 amide bonds. The van der Waals surface area contributed by atoms with Crippen molar-refractivity contribution < 1.29 is 14.5 Å². The Hall–Kier alpha value is -2.93. The molecule has 0 heterocycles. The van der Waals surface area contributed by atoms with Crippen molar-refractivity contribution in [3.8, 4) is 5.75 Å². The number of amides is 1. The largest absolute Gasteiger partial charge is 0.497 e. The minimum absolute atomic E-state index is 0.114. The molecule has 2 aromatic carbocycles. The lowest BCUT2D eigenvalue weighted by Crippen LogP contribution is -2.17. The van der Waals surface area contributed by atoms with Gasteiger partial charge in [-0.15, -0.1) is 0 Å². The lowest BCUT2D eigenvalue weighted by Gasteiger charge is -2.02. The Bertz CT molecular complexity index is 760. The van der Waals surface area contributed by atoms with Crippen LogP contribution in [0.2, 0.25) is 5.02 Å². The zero-order valence-corrected chi connectivity index (χ0v) is 12.8. The Labute approximate surface area is 136 Å². The number of rotatable bonds is 5. The summed E-state index contributed by atoms with van der Waals surface area (Å²) < 4.78 is 5.00. The highest BCUT2D eigenvalue weighted by Crippen LogP contribution is 2.20. The zero-order chi connectivity index (χ0) is 16.8. The van der Waals surface area contributed by atoms with Crippen LogP contribution in [0.3, 0.4) is 0 Å². The van der Waals surface area contributed by atoms with E-state index >= 15 is 0 Å². The number of nitro groups is 1. The van der Waals surface area contributed by atoms with Crippen molar-refractivity contribution in [1.82, 2.24) is 5.43 Å². The van der Waals surface area contributed by atoms with Crippen LogP contribution in [0.4, 0.5) is 5.69 Å². The molecule has 0 aliphatic rings. The van der Waals surface area contributed by atoms with Crippen LogP contribution in [0.1, 0.15) is 15.9 Å². The number of halogens is 1. The van der Waals surface area contributed by atoms with Gasteiger partial charge in [0.1, 0.15) is 5.75 Å². The summed E-state index contributed by atoms with van der Waals surface area (Å²) >= 11 is 5.93. The highest BCUT2D eigenvalue weighted by Gasteiger charge is 2.08. The predicted molar refractivity (Wildman–Crippen MR) is 86.2 cm³/mol. The summed E-state index contributed by atoms with van der Waals surface area (Å²) in [5, 5.41) is 14.8. The SMILES string of the molecule is COc1ccc(C(=O)N/N=C/c2cc([N+](=O)[O-])ccc2Cl)cc1. The number of carbonyl (C=O) groups is 1. The molecule has 8 heteroatoms. The molecule has 0 bridgehead atoms. The van der Waals surface area contributed by atoms with E-state index in [1.54, 1.807) is 24.3 Å². The minimum Gasteiger partial charge on any atom is -0.497 e. The van der Waals surface area contributed by atoms with Crippen molar-refractivity contribution in [1.29, 1.82) is 0 Å². The molecule has 23 heavy (non-hydrogen) atoms. The monoisotopic (exact) mass is 333 g/mol. The third-order valence-corrected chi connectivity index (χ3v) is 3.26. The van der Waals surface area contributed by atoms with Gasteiger partial charge in [0.05, 0.1) is 18.2 Å². The van der Waals surface area contributed by atoms with Gasteiger partial charge in [0, 0.05) is 28.3 Å². The van der Waals surface area contributed by atoms with Crippen LogP contribution in [0.25, 0.3) is 0 Å². The van der Waals surface area contributed by atoms with E-state index in [1.165, 1.54) is 31.5 Å². The first-order valence-corrected chi connectivity index (χ1v) is 6.80. The van der Waals surface area contributed by atoms with Crippen molar-refractivity contribution >= 4 is 29.4 Å². The summed E-state index contributed by atoms with van der Waals surface area (Å²) in [5.41, 5.74) is 2.93. The minimum atomic E-state index is -0.538. The molecular formula is C15H12ClN3O4. The van der Waals surface area contributed by atoms with Gasteiger partial charge < -0.3 is 4.74 Å². The van der Waals surface area contributed by atoms with Crippen LogP contribution < -0.4 is 10.2 Å². The molecule has 0 aliphatic carbocycles. The van der Waals surface area contributed by atoms with E-state index in [0.29, 0.717) is 16.9 Å². The van der Waals surface area contributed by atoms with E-state index in [-0.39, 0.29) is 10.7 Å². The maximum Gasteiger partial charge on any atom is 0.271 e. The van der Waals surface area contributed by atoms with Crippen molar-refractivity contribution in [2.75, 3.05) is 7.11 Å². The Morgan fingerprint density at radius 2 is 2.00 bits per heavy atom. The number of methoxy groups -OCH3 is 1. The number of hydrogen-bond donors (Lipinski definition) is 1. The summed E-state index contributed by atoms with van der Waals surface area (Å²) in [6.07, 6.45) is 1.25. The quantitative estimate of drug-likeness (QED) is 0.517. The van der Waals surface area contributed by atoms with Crippen LogP contribution >= 0.6 is 11.6 Å². The van der Waals surface area contributed by atoms with Crippen LogP contribution in [-0.2, 0) is 0 Å². The molecule has 0 saturated carbocycles. The normalized spacial score (nSPS) is 10.5. The Morgan fingerprint density at radius 1 is 1.30 bits per heavy atom. The van der Waals surface area contributed by atoms with Crippen molar-refractivity contribution in [3.63, 3.8) is 0 Å². The second kappa shape index (κ2) is 7.37. The van der Waals surface area contributed by atoms with E-state index in [9.17, 15) is 14.9 Å². The zero-order valence-electron chi connectivity index (χ0n) is 12.0. The average molecular weight is 334 g/mol. The molecule has 7 nitrogen and oxygen atoms in total.